The summed E-state index contributed by atoms with van der Waals surface area (Å²) in [6.07, 6.45) is 5.29. The highest BCUT2D eigenvalue weighted by Gasteiger charge is 2.52. The van der Waals surface area contributed by atoms with Crippen LogP contribution in [0.4, 0.5) is 9.18 Å². The molecule has 156 valence electrons. The van der Waals surface area contributed by atoms with Crippen molar-refractivity contribution in [2.24, 2.45) is 0 Å². The van der Waals surface area contributed by atoms with Crippen molar-refractivity contribution >= 4 is 6.03 Å². The first kappa shape index (κ1) is 20.4. The van der Waals surface area contributed by atoms with Crippen LogP contribution in [0, 0.1) is 17.1 Å². The molecule has 2 fully saturated rings. The van der Waals surface area contributed by atoms with E-state index in [9.17, 15) is 19.6 Å². The molecule has 5 nitrogen and oxygen atoms in total. The number of hydrogen-bond acceptors (Lipinski definition) is 3. The second-order valence-electron chi connectivity index (χ2n) is 8.14. The predicted octanol–water partition coefficient (Wildman–Crippen LogP) is 4.19. The number of nitriles is 1. The second kappa shape index (κ2) is 8.85. The van der Waals surface area contributed by atoms with Gasteiger partial charge in [0.05, 0.1) is 18.7 Å². The van der Waals surface area contributed by atoms with Gasteiger partial charge in [-0.15, -0.1) is 0 Å². The molecule has 0 radical (unpaired) electrons. The zero-order valence-corrected chi connectivity index (χ0v) is 16.8. The van der Waals surface area contributed by atoms with Crippen LogP contribution >= 0.6 is 0 Å². The van der Waals surface area contributed by atoms with Crippen LogP contribution in [-0.2, 0) is 0 Å². The van der Waals surface area contributed by atoms with Gasteiger partial charge in [0, 0.05) is 12.0 Å². The normalized spacial score (nSPS) is 24.0. The molecule has 6 heteroatoms. The van der Waals surface area contributed by atoms with Gasteiger partial charge in [-0.3, -0.25) is 0 Å². The molecule has 1 saturated carbocycles. The molecule has 0 spiro atoms. The van der Waals surface area contributed by atoms with E-state index in [1.807, 2.05) is 30.3 Å². The maximum absolute atomic E-state index is 13.8. The zero-order chi connectivity index (χ0) is 21.1. The zero-order valence-electron chi connectivity index (χ0n) is 16.8. The van der Waals surface area contributed by atoms with Crippen LogP contribution in [-0.4, -0.2) is 40.8 Å². The molecule has 2 aromatic carbocycles. The van der Waals surface area contributed by atoms with Crippen molar-refractivity contribution in [2.75, 3.05) is 6.61 Å². The van der Waals surface area contributed by atoms with E-state index in [-0.39, 0.29) is 30.4 Å². The van der Waals surface area contributed by atoms with E-state index >= 15 is 0 Å². The van der Waals surface area contributed by atoms with Gasteiger partial charge in [-0.1, -0.05) is 55.7 Å². The Morgan fingerprint density at radius 2 is 1.93 bits per heavy atom. The minimum atomic E-state index is -0.680. The van der Waals surface area contributed by atoms with Gasteiger partial charge in [-0.05, 0) is 41.7 Å². The summed E-state index contributed by atoms with van der Waals surface area (Å²) in [4.78, 5) is 14.4. The lowest BCUT2D eigenvalue weighted by molar-refractivity contribution is 0.0155. The number of nitrogens with one attached hydrogen (secondary N) is 1. The lowest BCUT2D eigenvalue weighted by atomic mass is 9.73. The van der Waals surface area contributed by atoms with Gasteiger partial charge in [-0.25, -0.2) is 9.18 Å². The van der Waals surface area contributed by atoms with E-state index in [4.69, 9.17) is 0 Å². The van der Waals surface area contributed by atoms with Crippen LogP contribution in [0.3, 0.4) is 0 Å². The monoisotopic (exact) mass is 407 g/mol. The number of likely N-dealkylation sites (tertiary alicyclic amines) is 1. The number of rotatable bonds is 4. The predicted molar refractivity (Wildman–Crippen MR) is 112 cm³/mol. The number of carbonyl (C=O) groups excluding carboxylic acids is 1. The molecule has 2 N–H and O–H groups in total. The molecule has 3 atom stereocenters. The number of nitrogens with zero attached hydrogens (tertiary/aromatic N) is 2. The maximum atomic E-state index is 13.8. The third-order valence-corrected chi connectivity index (χ3v) is 6.35. The Morgan fingerprint density at radius 3 is 2.63 bits per heavy atom. The number of aliphatic hydroxyl groups excluding tert-OH is 1. The van der Waals surface area contributed by atoms with Crippen LogP contribution < -0.4 is 5.32 Å². The van der Waals surface area contributed by atoms with Crippen LogP contribution in [0.1, 0.15) is 43.6 Å². The van der Waals surface area contributed by atoms with Gasteiger partial charge in [-0.2, -0.15) is 5.26 Å². The topological polar surface area (TPSA) is 76.4 Å². The molecule has 1 aliphatic heterocycles. The van der Waals surface area contributed by atoms with Crippen molar-refractivity contribution in [1.29, 1.82) is 5.26 Å². The van der Waals surface area contributed by atoms with Crippen molar-refractivity contribution in [1.82, 2.24) is 10.2 Å². The quantitative estimate of drug-likeness (QED) is 0.798. The summed E-state index contributed by atoms with van der Waals surface area (Å²) in [7, 11) is 0. The smallest absolute Gasteiger partial charge is 0.319 e. The molecule has 0 bridgehead atoms. The average molecular weight is 407 g/mol. The SMILES string of the molecule is N#C[C@@H]1[C@@H](c2ccccc2-c2cccc(F)c2)[C@H](CO)N1C(=O)NC1CCCCC1. The molecular weight excluding hydrogens is 381 g/mol. The first-order valence-corrected chi connectivity index (χ1v) is 10.6. The van der Waals surface area contributed by atoms with Gasteiger partial charge in [0.2, 0.25) is 0 Å². The van der Waals surface area contributed by atoms with Crippen LogP contribution in [0.2, 0.25) is 0 Å². The molecule has 1 aliphatic carbocycles. The summed E-state index contributed by atoms with van der Waals surface area (Å²) in [6.45, 7) is -0.238. The van der Waals surface area contributed by atoms with E-state index in [0.717, 1.165) is 36.8 Å². The van der Waals surface area contributed by atoms with E-state index in [1.54, 1.807) is 6.07 Å². The van der Waals surface area contributed by atoms with Gasteiger partial charge in [0.25, 0.3) is 0 Å². The number of carbonyl (C=O) groups is 1. The fourth-order valence-corrected chi connectivity index (χ4v) is 4.86. The van der Waals surface area contributed by atoms with E-state index in [2.05, 4.69) is 11.4 Å². The number of aliphatic hydroxyl groups is 1. The second-order valence-corrected chi connectivity index (χ2v) is 8.14. The van der Waals surface area contributed by atoms with Crippen molar-refractivity contribution in [3.8, 4) is 17.2 Å². The van der Waals surface area contributed by atoms with E-state index in [1.165, 1.54) is 23.5 Å². The Bertz CT molecular complexity index is 951. The lowest BCUT2D eigenvalue weighted by Gasteiger charge is -2.52. The van der Waals surface area contributed by atoms with Crippen molar-refractivity contribution in [2.45, 2.75) is 56.1 Å². The summed E-state index contributed by atoms with van der Waals surface area (Å²) in [5, 5.41) is 23.0. The molecule has 1 heterocycles. The summed E-state index contributed by atoms with van der Waals surface area (Å²) < 4.78 is 13.8. The number of urea groups is 1. The summed E-state index contributed by atoms with van der Waals surface area (Å²) in [5.74, 6) is -0.670. The standard InChI is InChI=1S/C24H26FN3O2/c25-17-8-6-7-16(13-17)19-11-4-5-12-20(19)23-21(14-26)28(22(23)15-29)24(30)27-18-9-2-1-3-10-18/h4-8,11-13,18,21-23,29H,1-3,9-10,15H2,(H,27,30)/t21-,22+,23-/m1/s1. The fourth-order valence-electron chi connectivity index (χ4n) is 4.86. The first-order chi connectivity index (χ1) is 14.6. The third kappa shape index (κ3) is 3.78. The molecule has 4 rings (SSSR count). The van der Waals surface area contributed by atoms with Crippen molar-refractivity contribution in [3.63, 3.8) is 0 Å². The first-order valence-electron chi connectivity index (χ1n) is 10.6. The molecule has 2 aliphatic rings. The van der Waals surface area contributed by atoms with Crippen LogP contribution in [0.15, 0.2) is 48.5 Å². The van der Waals surface area contributed by atoms with Gasteiger partial charge in [0.15, 0.2) is 0 Å². The minimum absolute atomic E-state index is 0.128. The molecule has 30 heavy (non-hydrogen) atoms. The largest absolute Gasteiger partial charge is 0.394 e. The highest BCUT2D eigenvalue weighted by Crippen LogP contribution is 2.44. The fraction of sp³-hybridized carbons (Fsp3) is 0.417. The molecule has 0 unspecified atom stereocenters. The Hall–Kier alpha value is -2.91. The van der Waals surface area contributed by atoms with Gasteiger partial charge >= 0.3 is 6.03 Å². The molecular formula is C24H26FN3O2. The molecule has 1 saturated heterocycles. The lowest BCUT2D eigenvalue weighted by Crippen LogP contribution is -2.68. The van der Waals surface area contributed by atoms with E-state index < -0.39 is 12.1 Å². The molecule has 2 amide bonds. The summed E-state index contributed by atoms with van der Waals surface area (Å²) >= 11 is 0. The minimum Gasteiger partial charge on any atom is -0.394 e. The number of benzene rings is 2. The van der Waals surface area contributed by atoms with Gasteiger partial charge < -0.3 is 15.3 Å². The van der Waals surface area contributed by atoms with Gasteiger partial charge in [0.1, 0.15) is 11.9 Å². The Morgan fingerprint density at radius 1 is 1.17 bits per heavy atom. The highest BCUT2D eigenvalue weighted by atomic mass is 19.1. The highest BCUT2D eigenvalue weighted by molar-refractivity contribution is 5.79. The average Bonchev–Trinajstić information content (AvgIpc) is 2.75. The maximum Gasteiger partial charge on any atom is 0.319 e. The third-order valence-electron chi connectivity index (χ3n) is 6.35. The summed E-state index contributed by atoms with van der Waals surface area (Å²) in [6, 6.07) is 14.8. The van der Waals surface area contributed by atoms with E-state index in [0.29, 0.717) is 5.56 Å². The molecule has 0 aromatic heterocycles. The number of halogens is 1. The summed E-state index contributed by atoms with van der Waals surface area (Å²) in [5.41, 5.74) is 2.37. The van der Waals surface area contributed by atoms with Crippen LogP contribution in [0.5, 0.6) is 0 Å². The number of hydrogen-bond donors (Lipinski definition) is 2. The Balaban J connectivity index is 1.61. The Labute approximate surface area is 176 Å². The molecule has 2 aromatic rings. The van der Waals surface area contributed by atoms with Crippen molar-refractivity contribution < 1.29 is 14.3 Å². The number of amides is 2. The Kier molecular flexibility index (Phi) is 6.01. The van der Waals surface area contributed by atoms with Crippen LogP contribution in [0.25, 0.3) is 11.1 Å². The van der Waals surface area contributed by atoms with Crippen molar-refractivity contribution in [3.05, 3.63) is 59.9 Å².